The molecule has 0 radical (unpaired) electrons. The molecule has 14 nitrogen and oxygen atoms in total. The second-order valence-electron chi connectivity index (χ2n) is 37.4. The minimum absolute atomic E-state index is 0.0394. The number of hydrogen-bond donors (Lipinski definition) is 3. The summed E-state index contributed by atoms with van der Waals surface area (Å²) in [5, 5.41) is 32.7. The summed E-state index contributed by atoms with van der Waals surface area (Å²) in [6, 6.07) is 53.6. The second-order valence-corrected chi connectivity index (χ2v) is 41.5. The molecular weight excluding hydrogens is 1480 g/mol. The van der Waals surface area contributed by atoms with Gasteiger partial charge >= 0.3 is 41.7 Å². The van der Waals surface area contributed by atoms with Crippen LogP contribution in [0.25, 0.3) is 0 Å². The maximum absolute atomic E-state index is 13.5. The van der Waals surface area contributed by atoms with Gasteiger partial charge in [-0.05, 0) is 277 Å². The molecule has 0 spiro atoms. The molecule has 0 heterocycles. The normalized spacial score (nSPS) is 34.0. The first-order valence-corrected chi connectivity index (χ1v) is 43.3. The van der Waals surface area contributed by atoms with E-state index in [0.717, 1.165) is 51.4 Å². The predicted octanol–water partition coefficient (Wildman–Crippen LogP) is 18.0. The Labute approximate surface area is 667 Å². The van der Waals surface area contributed by atoms with Crippen molar-refractivity contribution < 1.29 is 85.3 Å². The summed E-state index contributed by atoms with van der Waals surface area (Å²) in [5.41, 5.74) is 1.18. The molecule has 113 heavy (non-hydrogen) atoms. The number of halogens is 4. The topological polar surface area (TPSA) is 201 Å². The number of carbonyl (C=O) groups excluding carboxylic acids is 5. The number of carbonyl (C=O) groups is 5. The number of alkyl halides is 4. The van der Waals surface area contributed by atoms with E-state index in [4.69, 9.17) is 28.4 Å². The maximum Gasteiger partial charge on any atom is 0.377 e. The summed E-state index contributed by atoms with van der Waals surface area (Å²) in [6.07, 6.45) is 13.7. The van der Waals surface area contributed by atoms with Crippen molar-refractivity contribution in [2.75, 3.05) is 13.2 Å². The number of rotatable bonds is 18. The highest BCUT2D eigenvalue weighted by molar-refractivity contribution is 7.97. The lowest BCUT2D eigenvalue weighted by atomic mass is 9.48. The van der Waals surface area contributed by atoms with Crippen molar-refractivity contribution in [1.29, 1.82) is 0 Å². The Kier molecular flexibility index (Phi) is 22.1. The van der Waals surface area contributed by atoms with Gasteiger partial charge in [0.05, 0.1) is 49.6 Å². The molecule has 0 aliphatic heterocycles. The van der Waals surface area contributed by atoms with Gasteiger partial charge in [0.2, 0.25) is 0 Å². The Hall–Kier alpha value is -7.07. The Morgan fingerprint density at radius 1 is 0.363 bits per heavy atom. The van der Waals surface area contributed by atoms with Crippen molar-refractivity contribution in [2.24, 2.45) is 52.8 Å². The lowest BCUT2D eigenvalue weighted by Crippen LogP contribution is -2.67. The molecule has 8 atom stereocenters. The van der Waals surface area contributed by atoms with Crippen LogP contribution >= 0.6 is 0 Å². The smallest absolute Gasteiger partial charge is 0.377 e. The highest BCUT2D eigenvalue weighted by Crippen LogP contribution is 2.65. The summed E-state index contributed by atoms with van der Waals surface area (Å²) < 4.78 is 88.0. The van der Waals surface area contributed by atoms with Crippen LogP contribution in [-0.2, 0) is 74.2 Å². The molecular formula is C93H110F4O14S2+2. The first kappa shape index (κ1) is 81.1. The van der Waals surface area contributed by atoms with Crippen molar-refractivity contribution in [3.8, 4) is 0 Å². The minimum atomic E-state index is -3.56. The van der Waals surface area contributed by atoms with Crippen molar-refractivity contribution in [3.05, 3.63) is 179 Å². The highest BCUT2D eigenvalue weighted by atomic mass is 32.2. The van der Waals surface area contributed by atoms with Gasteiger partial charge in [0, 0.05) is 46.0 Å². The fraction of sp³-hybridized carbons (Fsp3) is 0.559. The van der Waals surface area contributed by atoms with Crippen LogP contribution in [0, 0.1) is 94.3 Å². The summed E-state index contributed by atoms with van der Waals surface area (Å²) in [4.78, 5) is 70.9. The van der Waals surface area contributed by atoms with Gasteiger partial charge in [-0.25, -0.2) is 19.2 Å². The summed E-state index contributed by atoms with van der Waals surface area (Å²) in [7, 11) is -0.0789. The molecule has 16 aliphatic rings. The third kappa shape index (κ3) is 17.9. The molecule has 8 unspecified atom stereocenters. The first-order chi connectivity index (χ1) is 53.3. The van der Waals surface area contributed by atoms with E-state index in [1.54, 1.807) is 0 Å². The predicted molar refractivity (Wildman–Crippen MR) is 420 cm³/mol. The Bertz CT molecular complexity index is 4070. The standard InChI is InChI=1S/C26H34F2O8.C25H34F2O6.2C21H21S/c1-22(27,28)20(30)35-19-16-2-14-3-17(19)9-23(4-14,8-16)21(31)34-10-18(29)36-26-7-15-5-24(32,12-26)11-25(33,6-15)13-26;1-21(26,27)20(29)33-25-10-17-3-18(11-25)9-24(8-17,14-25)32-19(28)12-31-23-6-15-2-16(7-23)5-22(30,4-15)13-23;2*1-16-4-10-19(11-5-16)22(20-12-6-17(2)7-13-20)21-14-8-18(3)9-15-21/h14-17,19,32-33H,2-13H2,1H3;15-18,30H,2-14H2,1H3;2*4-15H,1-3H3/q;;2*+1. The summed E-state index contributed by atoms with van der Waals surface area (Å²) in [6.45, 7) is 13.2. The zero-order valence-electron chi connectivity index (χ0n) is 66.4. The van der Waals surface area contributed by atoms with Crippen LogP contribution in [0.3, 0.4) is 0 Å². The van der Waals surface area contributed by atoms with Crippen molar-refractivity contribution in [2.45, 2.75) is 290 Å². The molecule has 3 N–H and O–H groups in total. The van der Waals surface area contributed by atoms with Crippen LogP contribution in [0.2, 0.25) is 0 Å². The second kappa shape index (κ2) is 30.8. The number of esters is 5. The van der Waals surface area contributed by atoms with Crippen molar-refractivity contribution >= 4 is 51.6 Å². The molecule has 0 amide bonds. The first-order valence-electron chi connectivity index (χ1n) is 40.8. The minimum Gasteiger partial charge on any atom is -0.457 e. The largest absolute Gasteiger partial charge is 0.457 e. The average Bonchev–Trinajstić information content (AvgIpc) is 0.714. The van der Waals surface area contributed by atoms with Gasteiger partial charge in [0.25, 0.3) is 0 Å². The van der Waals surface area contributed by atoms with Crippen LogP contribution in [0.5, 0.6) is 0 Å². The molecule has 16 aliphatic carbocycles. The van der Waals surface area contributed by atoms with Crippen molar-refractivity contribution in [1.82, 2.24) is 0 Å². The average molecular weight is 1590 g/mol. The zero-order valence-corrected chi connectivity index (χ0v) is 68.0. The number of aryl methyl sites for hydroxylation is 6. The van der Waals surface area contributed by atoms with E-state index >= 15 is 0 Å². The molecule has 16 bridgehead atoms. The molecule has 20 heteroatoms. The van der Waals surface area contributed by atoms with Gasteiger partial charge in [-0.1, -0.05) is 106 Å². The molecule has 604 valence electrons. The molecule has 22 rings (SSSR count). The van der Waals surface area contributed by atoms with Gasteiger partial charge in [-0.3, -0.25) is 4.79 Å². The van der Waals surface area contributed by atoms with Crippen LogP contribution < -0.4 is 0 Å². The van der Waals surface area contributed by atoms with E-state index in [0.29, 0.717) is 103 Å². The Morgan fingerprint density at radius 2 is 0.690 bits per heavy atom. The van der Waals surface area contributed by atoms with Gasteiger partial charge in [0.1, 0.15) is 29.5 Å². The lowest BCUT2D eigenvalue weighted by Gasteiger charge is -2.62. The van der Waals surface area contributed by atoms with Crippen molar-refractivity contribution in [3.63, 3.8) is 0 Å². The van der Waals surface area contributed by atoms with E-state index in [2.05, 4.69) is 187 Å². The van der Waals surface area contributed by atoms with E-state index in [-0.39, 0.29) is 83.2 Å². The Morgan fingerprint density at radius 3 is 1.06 bits per heavy atom. The third-order valence-corrected chi connectivity index (χ3v) is 31.3. The summed E-state index contributed by atoms with van der Waals surface area (Å²) in [5.74, 6) is -10.5. The number of hydrogen-bond acceptors (Lipinski definition) is 14. The monoisotopic (exact) mass is 1590 g/mol. The molecule has 16 saturated carbocycles. The van der Waals surface area contributed by atoms with E-state index in [1.807, 2.05) is 0 Å². The highest BCUT2D eigenvalue weighted by Gasteiger charge is 2.67. The quantitative estimate of drug-likeness (QED) is 0.0317. The van der Waals surface area contributed by atoms with Gasteiger partial charge in [-0.15, -0.1) is 0 Å². The molecule has 0 aromatic heterocycles. The fourth-order valence-electron chi connectivity index (χ4n) is 23.8. The molecule has 6 aromatic carbocycles. The SMILES string of the molecule is CC(F)(F)C(=O)OC12CC3CC(CC(OC(=O)COC45CC6CC(CC(O)(C6)C4)C5)(C3)C1)C2.CC(F)(F)C(=O)OC1C2CC3CC1CC(C(=O)OCC(=O)OC14CC5CC(O)(CC(O)(C5)C1)C4)(C3)C2.Cc1ccc([S+](c2ccc(C)cc2)c2ccc(C)cc2)cc1.Cc1ccc([S+](c2ccc(C)cc2)c2ccc(C)cc2)cc1. The lowest BCUT2D eigenvalue weighted by molar-refractivity contribution is -0.262. The van der Waals surface area contributed by atoms with Gasteiger partial charge in [0.15, 0.2) is 36.0 Å². The zero-order chi connectivity index (χ0) is 80.1. The summed E-state index contributed by atoms with van der Waals surface area (Å²) >= 11 is 0. The van der Waals surface area contributed by atoms with Crippen LogP contribution in [0.1, 0.15) is 195 Å². The van der Waals surface area contributed by atoms with Gasteiger partial charge < -0.3 is 43.7 Å². The Balaban J connectivity index is 0.000000122. The van der Waals surface area contributed by atoms with E-state index < -0.39 is 99.0 Å². The van der Waals surface area contributed by atoms with E-state index in [1.165, 1.54) is 62.8 Å². The number of aliphatic hydroxyl groups is 3. The van der Waals surface area contributed by atoms with Crippen LogP contribution in [0.4, 0.5) is 17.6 Å². The maximum atomic E-state index is 13.5. The van der Waals surface area contributed by atoms with Gasteiger partial charge in [-0.2, -0.15) is 17.6 Å². The van der Waals surface area contributed by atoms with Crippen LogP contribution in [-0.4, -0.2) is 116 Å². The fourth-order valence-corrected chi connectivity index (χ4v) is 27.9. The molecule has 16 fully saturated rings. The van der Waals surface area contributed by atoms with Crippen LogP contribution in [0.15, 0.2) is 175 Å². The van der Waals surface area contributed by atoms with E-state index in [9.17, 15) is 56.9 Å². The molecule has 0 saturated heterocycles. The number of benzene rings is 6. The number of ether oxygens (including phenoxy) is 6. The third-order valence-electron chi connectivity index (χ3n) is 26.8. The molecule has 6 aromatic rings.